The Morgan fingerprint density at radius 1 is 1.13 bits per heavy atom. The Morgan fingerprint density at radius 3 is 2.55 bits per heavy atom. The Balaban J connectivity index is 1.73. The molecule has 0 aliphatic heterocycles. The lowest BCUT2D eigenvalue weighted by Crippen LogP contribution is -2.30. The molecule has 0 aliphatic carbocycles. The van der Waals surface area contributed by atoms with E-state index in [2.05, 4.69) is 15.4 Å². The maximum absolute atomic E-state index is 13.2. The highest BCUT2D eigenvalue weighted by Crippen LogP contribution is 2.22. The molecule has 160 valence electrons. The van der Waals surface area contributed by atoms with Gasteiger partial charge in [-0.1, -0.05) is 37.3 Å². The molecule has 2 N–H and O–H groups in total. The summed E-state index contributed by atoms with van der Waals surface area (Å²) in [5.41, 5.74) is 1.87. The SMILES string of the molecule is CCCn1c(=O)nc(NC(CO)Cc2ccc(F)cc2)c2cn(-c3ccccc3)nc21. The molecular formula is C23H24FN5O2. The minimum absolute atomic E-state index is 0.175. The Labute approximate surface area is 178 Å². The fourth-order valence-corrected chi connectivity index (χ4v) is 3.55. The zero-order valence-electron chi connectivity index (χ0n) is 17.2. The standard InChI is InChI=1S/C23H24FN5O2/c1-2-12-28-22-20(14-29(27-22)19-6-4-3-5-7-19)21(26-23(28)31)25-18(15-30)13-16-8-10-17(24)11-9-16/h3-11,14,18,30H,2,12-13,15H2,1H3,(H,25,26,31). The van der Waals surface area contributed by atoms with Crippen LogP contribution >= 0.6 is 0 Å². The summed E-state index contributed by atoms with van der Waals surface area (Å²) in [7, 11) is 0. The number of halogens is 1. The number of anilines is 1. The van der Waals surface area contributed by atoms with E-state index in [1.54, 1.807) is 21.4 Å². The maximum Gasteiger partial charge on any atom is 0.351 e. The number of hydrogen-bond donors (Lipinski definition) is 2. The van der Waals surface area contributed by atoms with Gasteiger partial charge in [0.1, 0.15) is 11.6 Å². The fourth-order valence-electron chi connectivity index (χ4n) is 3.55. The highest BCUT2D eigenvalue weighted by Gasteiger charge is 2.18. The molecule has 0 radical (unpaired) electrons. The molecule has 0 saturated heterocycles. The molecule has 1 atom stereocenters. The van der Waals surface area contributed by atoms with Crippen molar-refractivity contribution in [3.8, 4) is 5.69 Å². The lowest BCUT2D eigenvalue weighted by atomic mass is 10.1. The van der Waals surface area contributed by atoms with Gasteiger partial charge in [-0.3, -0.25) is 4.57 Å². The average Bonchev–Trinajstić information content (AvgIpc) is 3.23. The molecule has 7 nitrogen and oxygen atoms in total. The Hall–Kier alpha value is -3.52. The first-order valence-corrected chi connectivity index (χ1v) is 10.3. The van der Waals surface area contributed by atoms with Crippen LogP contribution < -0.4 is 11.0 Å². The maximum atomic E-state index is 13.2. The van der Waals surface area contributed by atoms with Gasteiger partial charge in [-0.2, -0.15) is 4.98 Å². The van der Waals surface area contributed by atoms with Crippen LogP contribution in [-0.4, -0.2) is 37.1 Å². The molecule has 2 aromatic carbocycles. The Morgan fingerprint density at radius 2 is 1.87 bits per heavy atom. The molecule has 8 heteroatoms. The molecule has 0 saturated carbocycles. The van der Waals surface area contributed by atoms with Crippen molar-refractivity contribution in [1.82, 2.24) is 19.3 Å². The number of hydrogen-bond acceptors (Lipinski definition) is 5. The summed E-state index contributed by atoms with van der Waals surface area (Å²) in [6.45, 7) is 2.32. The van der Waals surface area contributed by atoms with Gasteiger partial charge in [-0.05, 0) is 42.7 Å². The lowest BCUT2D eigenvalue weighted by molar-refractivity contribution is 0.273. The highest BCUT2D eigenvalue weighted by atomic mass is 19.1. The minimum atomic E-state index is -0.400. The van der Waals surface area contributed by atoms with Crippen LogP contribution in [0.4, 0.5) is 10.2 Å². The van der Waals surface area contributed by atoms with E-state index in [-0.39, 0.29) is 12.4 Å². The van der Waals surface area contributed by atoms with Gasteiger partial charge in [0.25, 0.3) is 0 Å². The van der Waals surface area contributed by atoms with E-state index in [4.69, 9.17) is 0 Å². The Bertz CT molecular complexity index is 1220. The van der Waals surface area contributed by atoms with Gasteiger partial charge in [0.2, 0.25) is 0 Å². The van der Waals surface area contributed by atoms with Crippen LogP contribution in [0, 0.1) is 5.82 Å². The van der Waals surface area contributed by atoms with E-state index in [1.807, 2.05) is 43.5 Å². The van der Waals surface area contributed by atoms with Crippen LogP contribution in [-0.2, 0) is 13.0 Å². The van der Waals surface area contributed by atoms with Gasteiger partial charge in [0, 0.05) is 12.7 Å². The number of nitrogens with zero attached hydrogens (tertiary/aromatic N) is 4. The Kier molecular flexibility index (Phi) is 6.08. The average molecular weight is 421 g/mol. The summed E-state index contributed by atoms with van der Waals surface area (Å²) in [5, 5.41) is 18.4. The van der Waals surface area contributed by atoms with Crippen molar-refractivity contribution in [2.45, 2.75) is 32.4 Å². The molecule has 31 heavy (non-hydrogen) atoms. The van der Waals surface area contributed by atoms with Crippen molar-refractivity contribution in [2.75, 3.05) is 11.9 Å². The second-order valence-corrected chi connectivity index (χ2v) is 7.40. The zero-order valence-corrected chi connectivity index (χ0v) is 17.2. The molecule has 1 unspecified atom stereocenters. The molecule has 0 aliphatic rings. The quantitative estimate of drug-likeness (QED) is 0.457. The van der Waals surface area contributed by atoms with Crippen molar-refractivity contribution in [1.29, 1.82) is 0 Å². The van der Waals surface area contributed by atoms with Crippen molar-refractivity contribution < 1.29 is 9.50 Å². The number of fused-ring (bicyclic) bond motifs is 1. The van der Waals surface area contributed by atoms with E-state index >= 15 is 0 Å². The number of aromatic nitrogens is 4. The summed E-state index contributed by atoms with van der Waals surface area (Å²) < 4.78 is 16.5. The third kappa shape index (κ3) is 4.49. The van der Waals surface area contributed by atoms with Gasteiger partial charge < -0.3 is 10.4 Å². The zero-order chi connectivity index (χ0) is 21.8. The molecular weight excluding hydrogens is 397 g/mol. The van der Waals surface area contributed by atoms with E-state index in [9.17, 15) is 14.3 Å². The normalized spacial score (nSPS) is 12.2. The van der Waals surface area contributed by atoms with E-state index < -0.39 is 11.7 Å². The van der Waals surface area contributed by atoms with Crippen LogP contribution in [0.25, 0.3) is 16.7 Å². The minimum Gasteiger partial charge on any atom is -0.394 e. The molecule has 0 bridgehead atoms. The number of aliphatic hydroxyl groups is 1. The molecule has 0 spiro atoms. The second kappa shape index (κ2) is 9.09. The first-order chi connectivity index (χ1) is 15.1. The van der Waals surface area contributed by atoms with Gasteiger partial charge in [-0.25, -0.2) is 13.9 Å². The van der Waals surface area contributed by atoms with Gasteiger partial charge in [-0.15, -0.1) is 5.10 Å². The molecule has 2 heterocycles. The van der Waals surface area contributed by atoms with Crippen LogP contribution in [0.15, 0.2) is 65.6 Å². The molecule has 0 fully saturated rings. The van der Waals surface area contributed by atoms with Gasteiger partial charge in [0.15, 0.2) is 5.65 Å². The number of benzene rings is 2. The summed E-state index contributed by atoms with van der Waals surface area (Å²) in [4.78, 5) is 17.0. The predicted molar refractivity (Wildman–Crippen MR) is 118 cm³/mol. The third-order valence-electron chi connectivity index (χ3n) is 5.07. The van der Waals surface area contributed by atoms with Crippen molar-refractivity contribution in [2.24, 2.45) is 0 Å². The van der Waals surface area contributed by atoms with Crippen molar-refractivity contribution in [3.63, 3.8) is 0 Å². The highest BCUT2D eigenvalue weighted by molar-refractivity contribution is 5.86. The summed E-state index contributed by atoms with van der Waals surface area (Å²) in [6.07, 6.45) is 3.05. The smallest absolute Gasteiger partial charge is 0.351 e. The topological polar surface area (TPSA) is 85.0 Å². The third-order valence-corrected chi connectivity index (χ3v) is 5.07. The van der Waals surface area contributed by atoms with Crippen LogP contribution in [0.3, 0.4) is 0 Å². The molecule has 4 rings (SSSR count). The molecule has 2 aromatic heterocycles. The van der Waals surface area contributed by atoms with Crippen LogP contribution in [0.1, 0.15) is 18.9 Å². The number of aliphatic hydroxyl groups excluding tert-OH is 1. The summed E-state index contributed by atoms with van der Waals surface area (Å²) >= 11 is 0. The number of nitrogens with one attached hydrogen (secondary N) is 1. The summed E-state index contributed by atoms with van der Waals surface area (Å²) in [5.74, 6) is 0.0594. The monoisotopic (exact) mass is 421 g/mol. The predicted octanol–water partition coefficient (Wildman–Crippen LogP) is 3.15. The number of para-hydroxylation sites is 1. The van der Waals surface area contributed by atoms with Gasteiger partial charge in [0.05, 0.1) is 23.7 Å². The number of aryl methyl sites for hydroxylation is 1. The first kappa shape index (κ1) is 20.7. The molecule has 4 aromatic rings. The summed E-state index contributed by atoms with van der Waals surface area (Å²) in [6, 6.07) is 15.3. The lowest BCUT2D eigenvalue weighted by Gasteiger charge is -2.18. The number of rotatable bonds is 8. The molecule has 0 amide bonds. The van der Waals surface area contributed by atoms with E-state index in [0.29, 0.717) is 29.8 Å². The largest absolute Gasteiger partial charge is 0.394 e. The fraction of sp³-hybridized carbons (Fsp3) is 0.261. The van der Waals surface area contributed by atoms with E-state index in [0.717, 1.165) is 17.7 Å². The van der Waals surface area contributed by atoms with Crippen molar-refractivity contribution >= 4 is 16.9 Å². The van der Waals surface area contributed by atoms with Crippen molar-refractivity contribution in [3.05, 3.63) is 82.7 Å². The second-order valence-electron chi connectivity index (χ2n) is 7.40. The van der Waals surface area contributed by atoms with Crippen LogP contribution in [0.2, 0.25) is 0 Å². The van der Waals surface area contributed by atoms with E-state index in [1.165, 1.54) is 12.1 Å². The van der Waals surface area contributed by atoms with Gasteiger partial charge >= 0.3 is 5.69 Å². The van der Waals surface area contributed by atoms with Crippen LogP contribution in [0.5, 0.6) is 0 Å². The first-order valence-electron chi connectivity index (χ1n) is 10.3.